The Hall–Kier alpha value is -1.59. The van der Waals surface area contributed by atoms with Crippen LogP contribution in [0.15, 0.2) is 41.3 Å². The van der Waals surface area contributed by atoms with Crippen LogP contribution in [0.1, 0.15) is 19.8 Å². The molecule has 4 nitrogen and oxygen atoms in total. The third-order valence-corrected chi connectivity index (χ3v) is 6.01. The van der Waals surface area contributed by atoms with E-state index < -0.39 is 10.0 Å². The van der Waals surface area contributed by atoms with Gasteiger partial charge < -0.3 is 5.73 Å². The molecular formula is C15H18N2O2S. The third kappa shape index (κ3) is 2.07. The molecule has 1 aliphatic heterocycles. The smallest absolute Gasteiger partial charge is 0.243 e. The topological polar surface area (TPSA) is 63.4 Å². The standard InChI is InChI=1S/C15H18N2O2S/c1-11-4-3-9-17(11)20(18,19)15-6-2-5-12-10-13(16)7-8-14(12)15/h2,5-8,10-11H,3-4,9,16H2,1H3. The molecule has 0 bridgehead atoms. The zero-order chi connectivity index (χ0) is 14.3. The van der Waals surface area contributed by atoms with E-state index in [0.717, 1.165) is 23.6 Å². The number of fused-ring (bicyclic) bond motifs is 1. The number of hydrogen-bond acceptors (Lipinski definition) is 3. The quantitative estimate of drug-likeness (QED) is 0.865. The summed E-state index contributed by atoms with van der Waals surface area (Å²) < 4.78 is 27.3. The molecule has 5 heteroatoms. The van der Waals surface area contributed by atoms with Gasteiger partial charge in [0.1, 0.15) is 0 Å². The van der Waals surface area contributed by atoms with Gasteiger partial charge >= 0.3 is 0 Å². The Balaban J connectivity index is 2.19. The van der Waals surface area contributed by atoms with E-state index in [4.69, 9.17) is 5.73 Å². The summed E-state index contributed by atoms with van der Waals surface area (Å²) in [6.45, 7) is 2.57. The highest BCUT2D eigenvalue weighted by Crippen LogP contribution is 2.31. The molecule has 106 valence electrons. The van der Waals surface area contributed by atoms with E-state index in [0.29, 0.717) is 17.1 Å². The van der Waals surface area contributed by atoms with Crippen molar-refractivity contribution in [3.8, 4) is 0 Å². The van der Waals surface area contributed by atoms with E-state index in [1.54, 1.807) is 28.6 Å². The van der Waals surface area contributed by atoms with Gasteiger partial charge in [0.05, 0.1) is 4.90 Å². The van der Waals surface area contributed by atoms with E-state index in [9.17, 15) is 8.42 Å². The summed E-state index contributed by atoms with van der Waals surface area (Å²) in [7, 11) is -3.43. The van der Waals surface area contributed by atoms with Crippen molar-refractivity contribution >= 4 is 26.5 Å². The Morgan fingerprint density at radius 3 is 2.75 bits per heavy atom. The van der Waals surface area contributed by atoms with Crippen LogP contribution in [0.4, 0.5) is 5.69 Å². The van der Waals surface area contributed by atoms with E-state index in [1.165, 1.54) is 0 Å². The van der Waals surface area contributed by atoms with Gasteiger partial charge in [0.25, 0.3) is 0 Å². The molecule has 20 heavy (non-hydrogen) atoms. The molecule has 0 radical (unpaired) electrons. The molecule has 2 aromatic rings. The highest BCUT2D eigenvalue weighted by atomic mass is 32.2. The molecular weight excluding hydrogens is 272 g/mol. The lowest BCUT2D eigenvalue weighted by Crippen LogP contribution is -2.33. The van der Waals surface area contributed by atoms with Crippen LogP contribution in [0, 0.1) is 0 Å². The lowest BCUT2D eigenvalue weighted by atomic mass is 10.1. The van der Waals surface area contributed by atoms with E-state index in [2.05, 4.69) is 0 Å². The van der Waals surface area contributed by atoms with Crippen molar-refractivity contribution in [1.82, 2.24) is 4.31 Å². The maximum atomic E-state index is 12.8. The maximum Gasteiger partial charge on any atom is 0.243 e. The lowest BCUT2D eigenvalue weighted by molar-refractivity contribution is 0.409. The average molecular weight is 290 g/mol. The van der Waals surface area contributed by atoms with Gasteiger partial charge in [-0.05, 0) is 43.4 Å². The first-order valence-corrected chi connectivity index (χ1v) is 8.24. The van der Waals surface area contributed by atoms with Crippen molar-refractivity contribution in [2.75, 3.05) is 12.3 Å². The minimum atomic E-state index is -3.43. The lowest BCUT2D eigenvalue weighted by Gasteiger charge is -2.21. The highest BCUT2D eigenvalue weighted by molar-refractivity contribution is 7.89. The summed E-state index contributed by atoms with van der Waals surface area (Å²) >= 11 is 0. The molecule has 1 heterocycles. The Bertz CT molecular complexity index is 756. The molecule has 1 unspecified atom stereocenters. The Morgan fingerprint density at radius 1 is 1.25 bits per heavy atom. The highest BCUT2D eigenvalue weighted by Gasteiger charge is 2.33. The number of nitrogen functional groups attached to an aromatic ring is 1. The summed E-state index contributed by atoms with van der Waals surface area (Å²) in [4.78, 5) is 0.378. The summed E-state index contributed by atoms with van der Waals surface area (Å²) in [5.74, 6) is 0. The van der Waals surface area contributed by atoms with Crippen molar-refractivity contribution in [3.05, 3.63) is 36.4 Å². The van der Waals surface area contributed by atoms with Crippen LogP contribution >= 0.6 is 0 Å². The fraction of sp³-hybridized carbons (Fsp3) is 0.333. The number of benzene rings is 2. The predicted octanol–water partition coefficient (Wildman–Crippen LogP) is 2.60. The van der Waals surface area contributed by atoms with Crippen LogP contribution < -0.4 is 5.73 Å². The molecule has 0 amide bonds. The average Bonchev–Trinajstić information content (AvgIpc) is 2.84. The van der Waals surface area contributed by atoms with Gasteiger partial charge in [-0.15, -0.1) is 0 Å². The number of anilines is 1. The van der Waals surface area contributed by atoms with Crippen molar-refractivity contribution in [3.63, 3.8) is 0 Å². The molecule has 0 aromatic heterocycles. The van der Waals surface area contributed by atoms with Crippen LogP contribution in [0.2, 0.25) is 0 Å². The van der Waals surface area contributed by atoms with Crippen molar-refractivity contribution < 1.29 is 8.42 Å². The molecule has 1 aliphatic rings. The zero-order valence-electron chi connectivity index (χ0n) is 11.4. The SMILES string of the molecule is CC1CCCN1S(=O)(=O)c1cccc2cc(N)ccc12. The molecule has 1 atom stereocenters. The van der Waals surface area contributed by atoms with E-state index in [1.807, 2.05) is 19.1 Å². The number of nitrogens with zero attached hydrogens (tertiary/aromatic N) is 1. The first-order chi connectivity index (χ1) is 9.50. The molecule has 1 fully saturated rings. The van der Waals surface area contributed by atoms with Crippen molar-refractivity contribution in [2.24, 2.45) is 0 Å². The van der Waals surface area contributed by atoms with Gasteiger partial charge in [-0.25, -0.2) is 8.42 Å². The van der Waals surface area contributed by atoms with Crippen LogP contribution in [-0.2, 0) is 10.0 Å². The van der Waals surface area contributed by atoms with Gasteiger partial charge in [0.2, 0.25) is 10.0 Å². The Labute approximate surface area is 119 Å². The van der Waals surface area contributed by atoms with Gasteiger partial charge in [-0.2, -0.15) is 4.31 Å². The summed E-state index contributed by atoms with van der Waals surface area (Å²) in [5, 5.41) is 1.60. The number of nitrogens with two attached hydrogens (primary N) is 1. The summed E-state index contributed by atoms with van der Waals surface area (Å²) in [5.41, 5.74) is 6.41. The summed E-state index contributed by atoms with van der Waals surface area (Å²) in [6, 6.07) is 10.8. The summed E-state index contributed by atoms with van der Waals surface area (Å²) in [6.07, 6.45) is 1.86. The second-order valence-corrected chi connectivity index (χ2v) is 7.20. The first kappa shape index (κ1) is 13.4. The van der Waals surface area contributed by atoms with Gasteiger partial charge in [0.15, 0.2) is 0 Å². The molecule has 0 aliphatic carbocycles. The van der Waals surface area contributed by atoms with Gasteiger partial charge in [-0.3, -0.25) is 0 Å². The van der Waals surface area contributed by atoms with E-state index >= 15 is 0 Å². The number of sulfonamides is 1. The second-order valence-electron chi connectivity index (χ2n) is 5.34. The Morgan fingerprint density at radius 2 is 2.05 bits per heavy atom. The Kier molecular flexibility index (Phi) is 3.18. The van der Waals surface area contributed by atoms with E-state index in [-0.39, 0.29) is 6.04 Å². The van der Waals surface area contributed by atoms with Crippen molar-refractivity contribution in [2.45, 2.75) is 30.7 Å². The number of hydrogen-bond donors (Lipinski definition) is 1. The predicted molar refractivity (Wildman–Crippen MR) is 80.9 cm³/mol. The number of rotatable bonds is 2. The normalized spacial score (nSPS) is 20.6. The van der Waals surface area contributed by atoms with Crippen LogP contribution in [0.3, 0.4) is 0 Å². The van der Waals surface area contributed by atoms with Crippen LogP contribution in [0.5, 0.6) is 0 Å². The minimum Gasteiger partial charge on any atom is -0.399 e. The molecule has 1 saturated heterocycles. The third-order valence-electron chi connectivity index (χ3n) is 3.94. The fourth-order valence-electron chi connectivity index (χ4n) is 2.89. The first-order valence-electron chi connectivity index (χ1n) is 6.80. The second kappa shape index (κ2) is 4.75. The molecule has 2 aromatic carbocycles. The largest absolute Gasteiger partial charge is 0.399 e. The fourth-order valence-corrected chi connectivity index (χ4v) is 4.80. The van der Waals surface area contributed by atoms with Crippen LogP contribution in [0.25, 0.3) is 10.8 Å². The molecule has 0 spiro atoms. The zero-order valence-corrected chi connectivity index (χ0v) is 12.2. The van der Waals surface area contributed by atoms with Crippen LogP contribution in [-0.4, -0.2) is 25.3 Å². The molecule has 0 saturated carbocycles. The monoisotopic (exact) mass is 290 g/mol. The minimum absolute atomic E-state index is 0.0732. The van der Waals surface area contributed by atoms with Gasteiger partial charge in [-0.1, -0.05) is 18.2 Å². The maximum absolute atomic E-state index is 12.8. The van der Waals surface area contributed by atoms with Gasteiger partial charge in [0, 0.05) is 23.7 Å². The molecule has 3 rings (SSSR count). The van der Waals surface area contributed by atoms with Crippen molar-refractivity contribution in [1.29, 1.82) is 0 Å². The molecule has 2 N–H and O–H groups in total.